The Balaban J connectivity index is 2.46. The van der Waals surface area contributed by atoms with Crippen molar-refractivity contribution in [1.29, 1.82) is 0 Å². The summed E-state index contributed by atoms with van der Waals surface area (Å²) in [6.45, 7) is 1.04. The van der Waals surface area contributed by atoms with Gasteiger partial charge in [-0.25, -0.2) is 8.42 Å². The van der Waals surface area contributed by atoms with E-state index >= 15 is 0 Å². The molecule has 1 amide bonds. The van der Waals surface area contributed by atoms with Gasteiger partial charge in [-0.15, -0.1) is 11.3 Å². The number of aryl methyl sites for hydroxylation is 1. The zero-order valence-corrected chi connectivity index (χ0v) is 12.6. The molecule has 1 aliphatic rings. The van der Waals surface area contributed by atoms with Crippen LogP contribution in [0.15, 0.2) is 16.6 Å². The van der Waals surface area contributed by atoms with Crippen molar-refractivity contribution in [2.24, 2.45) is 12.0 Å². The van der Waals surface area contributed by atoms with Crippen molar-refractivity contribution < 1.29 is 13.2 Å². The molecule has 19 heavy (non-hydrogen) atoms. The number of nitrogens with zero attached hydrogens (tertiary/aromatic N) is 2. The van der Waals surface area contributed by atoms with Gasteiger partial charge in [0.05, 0.1) is 0 Å². The normalized spacial score (nSPS) is 20.4. The smallest absolute Gasteiger partial charge is 0.269 e. The fourth-order valence-electron chi connectivity index (χ4n) is 2.20. The summed E-state index contributed by atoms with van der Waals surface area (Å²) in [6.07, 6.45) is 3.47. The van der Waals surface area contributed by atoms with Crippen LogP contribution in [0.4, 0.5) is 0 Å². The standard InChI is InChI=1S/C11H17N3O3S2/c1-14-7-8-18-10(14)13-9(15)11(19(2,16)17)3-5-12-6-4-11/h7-8,12H,3-6H2,1-2H3. The van der Waals surface area contributed by atoms with E-state index in [1.807, 2.05) is 5.38 Å². The Morgan fingerprint density at radius 3 is 2.58 bits per heavy atom. The van der Waals surface area contributed by atoms with Crippen LogP contribution in [0.3, 0.4) is 0 Å². The van der Waals surface area contributed by atoms with Crippen molar-refractivity contribution in [2.45, 2.75) is 17.6 Å². The van der Waals surface area contributed by atoms with Crippen LogP contribution in [0.2, 0.25) is 0 Å². The largest absolute Gasteiger partial charge is 0.327 e. The Labute approximate surface area is 116 Å². The molecule has 0 bridgehead atoms. The average molecular weight is 303 g/mol. The summed E-state index contributed by atoms with van der Waals surface area (Å²) in [5, 5.41) is 4.88. The molecule has 0 radical (unpaired) electrons. The van der Waals surface area contributed by atoms with Crippen LogP contribution in [-0.2, 0) is 21.7 Å². The lowest BCUT2D eigenvalue weighted by atomic mass is 9.96. The molecule has 1 saturated heterocycles. The van der Waals surface area contributed by atoms with Crippen molar-refractivity contribution in [1.82, 2.24) is 9.88 Å². The van der Waals surface area contributed by atoms with Crippen molar-refractivity contribution in [3.05, 3.63) is 16.4 Å². The summed E-state index contributed by atoms with van der Waals surface area (Å²) in [5.74, 6) is -0.547. The number of thiazole rings is 1. The fraction of sp³-hybridized carbons (Fsp3) is 0.636. The van der Waals surface area contributed by atoms with Gasteiger partial charge >= 0.3 is 0 Å². The topological polar surface area (TPSA) is 80.5 Å². The first-order valence-electron chi connectivity index (χ1n) is 5.96. The number of hydrogen-bond acceptors (Lipinski definition) is 5. The molecule has 1 aromatic heterocycles. The number of carbonyl (C=O) groups is 1. The van der Waals surface area contributed by atoms with Gasteiger partial charge in [-0.1, -0.05) is 0 Å². The number of amides is 1. The Hall–Kier alpha value is -0.990. The lowest BCUT2D eigenvalue weighted by molar-refractivity contribution is -0.121. The van der Waals surface area contributed by atoms with Gasteiger partial charge in [-0.3, -0.25) is 4.79 Å². The summed E-state index contributed by atoms with van der Waals surface area (Å²) in [6, 6.07) is 0. The van der Waals surface area contributed by atoms with Crippen molar-refractivity contribution >= 4 is 27.1 Å². The van der Waals surface area contributed by atoms with Crippen molar-refractivity contribution in [3.8, 4) is 0 Å². The van der Waals surface area contributed by atoms with Crippen LogP contribution in [0.25, 0.3) is 0 Å². The second kappa shape index (κ2) is 5.18. The highest BCUT2D eigenvalue weighted by Gasteiger charge is 2.48. The molecular formula is C11H17N3O3S2. The minimum absolute atomic E-state index is 0.281. The van der Waals surface area contributed by atoms with E-state index in [9.17, 15) is 13.2 Å². The van der Waals surface area contributed by atoms with Crippen LogP contribution >= 0.6 is 11.3 Å². The van der Waals surface area contributed by atoms with Crippen LogP contribution in [-0.4, -0.2) is 43.0 Å². The molecule has 0 aliphatic carbocycles. The molecule has 6 nitrogen and oxygen atoms in total. The molecule has 0 spiro atoms. The molecular weight excluding hydrogens is 286 g/mol. The van der Waals surface area contributed by atoms with Gasteiger partial charge < -0.3 is 9.88 Å². The SMILES string of the molecule is Cn1ccsc1=NC(=O)C1(S(C)(=O)=O)CCNCC1. The highest BCUT2D eigenvalue weighted by atomic mass is 32.2. The first kappa shape index (κ1) is 14.4. The minimum Gasteiger partial charge on any atom is -0.327 e. The third-order valence-corrected chi connectivity index (χ3v) is 6.32. The van der Waals surface area contributed by atoms with Crippen LogP contribution in [0.5, 0.6) is 0 Å². The molecule has 0 unspecified atom stereocenters. The number of rotatable bonds is 2. The van der Waals surface area contributed by atoms with Crippen LogP contribution < -0.4 is 10.1 Å². The number of sulfone groups is 1. The van der Waals surface area contributed by atoms with E-state index in [0.717, 1.165) is 6.26 Å². The Bertz CT molecular complexity index is 636. The Kier molecular flexibility index (Phi) is 3.93. The number of nitrogens with one attached hydrogen (secondary N) is 1. The first-order valence-corrected chi connectivity index (χ1v) is 8.73. The molecule has 106 valence electrons. The quantitative estimate of drug-likeness (QED) is 0.812. The van der Waals surface area contributed by atoms with E-state index in [-0.39, 0.29) is 12.8 Å². The predicted octanol–water partition coefficient (Wildman–Crippen LogP) is -0.319. The van der Waals surface area contributed by atoms with Gasteiger partial charge in [0.25, 0.3) is 5.91 Å². The third-order valence-electron chi connectivity index (χ3n) is 3.47. The van der Waals surface area contributed by atoms with E-state index in [2.05, 4.69) is 10.3 Å². The zero-order valence-electron chi connectivity index (χ0n) is 10.9. The molecule has 0 atom stereocenters. The molecule has 2 rings (SSSR count). The predicted molar refractivity (Wildman–Crippen MR) is 73.5 cm³/mol. The number of piperidine rings is 1. The number of aromatic nitrogens is 1. The third kappa shape index (κ3) is 2.65. The molecule has 1 fully saturated rings. The second-order valence-electron chi connectivity index (χ2n) is 4.73. The molecule has 0 aromatic carbocycles. The van der Waals surface area contributed by atoms with Crippen LogP contribution in [0, 0.1) is 0 Å². The van der Waals surface area contributed by atoms with Gasteiger partial charge in [-0.05, 0) is 25.9 Å². The van der Waals surface area contributed by atoms with E-state index in [0.29, 0.717) is 17.9 Å². The molecule has 8 heteroatoms. The molecule has 0 saturated carbocycles. The number of carbonyl (C=O) groups excluding carboxylic acids is 1. The fourth-order valence-corrected chi connectivity index (χ4v) is 4.23. The zero-order chi connectivity index (χ0) is 14.1. The van der Waals surface area contributed by atoms with E-state index < -0.39 is 20.5 Å². The summed E-state index contributed by atoms with van der Waals surface area (Å²) >= 11 is 1.32. The summed E-state index contributed by atoms with van der Waals surface area (Å²) in [4.78, 5) is 16.9. The molecule has 1 N–H and O–H groups in total. The monoisotopic (exact) mass is 303 g/mol. The van der Waals surface area contributed by atoms with Crippen molar-refractivity contribution in [2.75, 3.05) is 19.3 Å². The minimum atomic E-state index is -3.49. The van der Waals surface area contributed by atoms with Crippen LogP contribution in [0.1, 0.15) is 12.8 Å². The average Bonchev–Trinajstić information content (AvgIpc) is 2.74. The maximum atomic E-state index is 12.4. The highest BCUT2D eigenvalue weighted by Crippen LogP contribution is 2.29. The molecule has 1 aliphatic heterocycles. The van der Waals surface area contributed by atoms with Gasteiger partial charge in [0.15, 0.2) is 19.4 Å². The van der Waals surface area contributed by atoms with Gasteiger partial charge in [-0.2, -0.15) is 4.99 Å². The second-order valence-corrected chi connectivity index (χ2v) is 7.93. The summed E-state index contributed by atoms with van der Waals surface area (Å²) in [5.41, 5.74) is 0. The Morgan fingerprint density at radius 2 is 2.11 bits per heavy atom. The Morgan fingerprint density at radius 1 is 1.47 bits per heavy atom. The molecule has 1 aromatic rings. The molecule has 2 heterocycles. The lowest BCUT2D eigenvalue weighted by Gasteiger charge is -2.32. The maximum absolute atomic E-state index is 12.4. The lowest BCUT2D eigenvalue weighted by Crippen LogP contribution is -2.52. The van der Waals surface area contributed by atoms with E-state index in [1.165, 1.54) is 11.3 Å². The van der Waals surface area contributed by atoms with E-state index in [4.69, 9.17) is 0 Å². The highest BCUT2D eigenvalue weighted by molar-refractivity contribution is 7.92. The maximum Gasteiger partial charge on any atom is 0.269 e. The van der Waals surface area contributed by atoms with E-state index in [1.54, 1.807) is 17.8 Å². The van der Waals surface area contributed by atoms with Gasteiger partial charge in [0, 0.05) is 24.9 Å². The summed E-state index contributed by atoms with van der Waals surface area (Å²) in [7, 11) is -1.71. The van der Waals surface area contributed by atoms with Gasteiger partial charge in [0.2, 0.25) is 0 Å². The van der Waals surface area contributed by atoms with Crippen molar-refractivity contribution in [3.63, 3.8) is 0 Å². The first-order chi connectivity index (χ1) is 8.87. The number of hydrogen-bond donors (Lipinski definition) is 1. The summed E-state index contributed by atoms with van der Waals surface area (Å²) < 4.78 is 24.4. The van der Waals surface area contributed by atoms with Gasteiger partial charge in [0.1, 0.15) is 0 Å².